The highest BCUT2D eigenvalue weighted by Crippen LogP contribution is 2.31. The van der Waals surface area contributed by atoms with Crippen LogP contribution in [-0.4, -0.2) is 26.0 Å². The number of rotatable bonds is 7. The molecule has 0 saturated heterocycles. The van der Waals surface area contributed by atoms with E-state index in [1.807, 2.05) is 43.3 Å². The minimum atomic E-state index is -3.48. The number of anilines is 1. The highest BCUT2D eigenvalue weighted by Gasteiger charge is 2.33. The molecule has 0 amide bonds. The predicted octanol–water partition coefficient (Wildman–Crippen LogP) is 3.81. The fourth-order valence-corrected chi connectivity index (χ4v) is 5.76. The third-order valence-corrected chi connectivity index (χ3v) is 7.63. The number of hydrogen-bond donors (Lipinski definition) is 1. The molecule has 1 aliphatic rings. The zero-order valence-electron chi connectivity index (χ0n) is 16.3. The van der Waals surface area contributed by atoms with Crippen molar-refractivity contribution in [1.82, 2.24) is 0 Å². The van der Waals surface area contributed by atoms with Crippen LogP contribution in [0.15, 0.2) is 48.5 Å². The molecule has 0 unspecified atom stereocenters. The van der Waals surface area contributed by atoms with Gasteiger partial charge in [0.15, 0.2) is 5.78 Å². The summed E-state index contributed by atoms with van der Waals surface area (Å²) in [7, 11) is -3.48. The lowest BCUT2D eigenvalue weighted by molar-refractivity contribution is 0.100. The van der Waals surface area contributed by atoms with E-state index in [-0.39, 0.29) is 24.1 Å². The van der Waals surface area contributed by atoms with Crippen molar-refractivity contribution in [3.05, 3.63) is 65.2 Å². The van der Waals surface area contributed by atoms with Crippen LogP contribution in [0.5, 0.6) is 0 Å². The number of aryl methyl sites for hydroxylation is 1. The third kappa shape index (κ3) is 4.62. The van der Waals surface area contributed by atoms with Gasteiger partial charge in [-0.3, -0.25) is 9.10 Å². The molecule has 28 heavy (non-hydrogen) atoms. The second-order valence-corrected chi connectivity index (χ2v) is 9.61. The lowest BCUT2D eigenvalue weighted by Crippen LogP contribution is -2.39. The second-order valence-electron chi connectivity index (χ2n) is 7.47. The van der Waals surface area contributed by atoms with Gasteiger partial charge < -0.3 is 5.73 Å². The van der Waals surface area contributed by atoms with Crippen LogP contribution in [0.25, 0.3) is 0 Å². The van der Waals surface area contributed by atoms with Gasteiger partial charge in [-0.25, -0.2) is 8.42 Å². The summed E-state index contributed by atoms with van der Waals surface area (Å²) in [5, 5.41) is -0.333. The number of carbonyl (C=O) groups excluding carboxylic acids is 1. The molecular weight excluding hydrogens is 372 g/mol. The Labute approximate surface area is 167 Å². The normalized spacial score (nSPS) is 15.4. The zero-order chi connectivity index (χ0) is 20.1. The van der Waals surface area contributed by atoms with Gasteiger partial charge in [-0.2, -0.15) is 0 Å². The van der Waals surface area contributed by atoms with Crippen LogP contribution >= 0.6 is 0 Å². The van der Waals surface area contributed by atoms with Gasteiger partial charge in [0.25, 0.3) is 0 Å². The van der Waals surface area contributed by atoms with Gasteiger partial charge in [0.05, 0.1) is 24.0 Å². The highest BCUT2D eigenvalue weighted by atomic mass is 32.2. The quantitative estimate of drug-likeness (QED) is 0.717. The van der Waals surface area contributed by atoms with E-state index < -0.39 is 10.0 Å². The molecule has 5 nitrogen and oxygen atoms in total. The van der Waals surface area contributed by atoms with Crippen LogP contribution < -0.4 is 10.0 Å². The molecule has 6 heteroatoms. The Hall–Kier alpha value is -2.18. The summed E-state index contributed by atoms with van der Waals surface area (Å²) in [6.07, 6.45) is 4.46. The van der Waals surface area contributed by atoms with Crippen molar-refractivity contribution in [2.24, 2.45) is 5.73 Å². The maximum atomic E-state index is 13.5. The molecule has 0 radical (unpaired) electrons. The van der Waals surface area contributed by atoms with E-state index in [2.05, 4.69) is 0 Å². The van der Waals surface area contributed by atoms with Gasteiger partial charge in [-0.05, 0) is 43.0 Å². The Balaban J connectivity index is 1.93. The summed E-state index contributed by atoms with van der Waals surface area (Å²) >= 11 is 0. The van der Waals surface area contributed by atoms with Gasteiger partial charge in [0, 0.05) is 5.56 Å². The van der Waals surface area contributed by atoms with Crippen molar-refractivity contribution in [3.63, 3.8) is 0 Å². The largest absolute Gasteiger partial charge is 0.324 e. The first-order valence-corrected chi connectivity index (χ1v) is 11.3. The molecule has 150 valence electrons. The molecule has 0 bridgehead atoms. The van der Waals surface area contributed by atoms with Crippen molar-refractivity contribution in [2.75, 3.05) is 10.8 Å². The Kier molecular flexibility index (Phi) is 6.52. The van der Waals surface area contributed by atoms with Crippen LogP contribution in [0.2, 0.25) is 0 Å². The van der Waals surface area contributed by atoms with Crippen molar-refractivity contribution < 1.29 is 13.2 Å². The number of nitrogens with zero attached hydrogens (tertiary/aromatic N) is 1. The summed E-state index contributed by atoms with van der Waals surface area (Å²) in [5.41, 5.74) is 8.51. The molecule has 3 rings (SSSR count). The molecule has 2 N–H and O–H groups in total. The van der Waals surface area contributed by atoms with Crippen molar-refractivity contribution in [2.45, 2.75) is 50.8 Å². The lowest BCUT2D eigenvalue weighted by Gasteiger charge is -2.31. The van der Waals surface area contributed by atoms with E-state index in [9.17, 15) is 13.2 Å². The fourth-order valence-electron chi connectivity index (χ4n) is 3.73. The van der Waals surface area contributed by atoms with Gasteiger partial charge in [-0.15, -0.1) is 0 Å². The van der Waals surface area contributed by atoms with Crippen molar-refractivity contribution >= 4 is 21.5 Å². The number of Topliss-reactive ketones (excluding diaryl/α,β-unsaturated/α-hetero) is 1. The standard InChI is InChI=1S/C22H28N2O3S/c1-17-6-5-7-20(14-17)24(28(26,27)21-8-3-2-4-9-21)16-18-10-12-19(13-11-18)22(25)15-23/h5-7,10-14,21H,2-4,8-9,15-16,23H2,1H3. The van der Waals surface area contributed by atoms with E-state index in [1.54, 1.807) is 12.1 Å². The van der Waals surface area contributed by atoms with Gasteiger partial charge >= 0.3 is 0 Å². The summed E-state index contributed by atoms with van der Waals surface area (Å²) in [6, 6.07) is 14.6. The summed E-state index contributed by atoms with van der Waals surface area (Å²) < 4.78 is 28.5. The smallest absolute Gasteiger partial charge is 0.238 e. The number of carbonyl (C=O) groups is 1. The van der Waals surface area contributed by atoms with Crippen LogP contribution in [-0.2, 0) is 16.6 Å². The minimum Gasteiger partial charge on any atom is -0.324 e. The highest BCUT2D eigenvalue weighted by molar-refractivity contribution is 7.93. The molecule has 0 atom stereocenters. The topological polar surface area (TPSA) is 80.5 Å². The Morgan fingerprint density at radius 3 is 2.36 bits per heavy atom. The number of benzene rings is 2. The molecule has 0 aliphatic heterocycles. The molecule has 2 aromatic carbocycles. The van der Waals surface area contributed by atoms with Gasteiger partial charge in [0.2, 0.25) is 10.0 Å². The monoisotopic (exact) mass is 400 g/mol. The van der Waals surface area contributed by atoms with Crippen LogP contribution in [0.3, 0.4) is 0 Å². The Morgan fingerprint density at radius 1 is 1.07 bits per heavy atom. The summed E-state index contributed by atoms with van der Waals surface area (Å²) in [6.45, 7) is 2.17. The number of ketones is 1. The molecule has 1 fully saturated rings. The zero-order valence-corrected chi connectivity index (χ0v) is 17.1. The average molecular weight is 401 g/mol. The van der Waals surface area contributed by atoms with E-state index in [0.29, 0.717) is 24.1 Å². The minimum absolute atomic E-state index is 0.0369. The number of sulfonamides is 1. The van der Waals surface area contributed by atoms with E-state index in [1.165, 1.54) is 4.31 Å². The van der Waals surface area contributed by atoms with Gasteiger partial charge in [-0.1, -0.05) is 55.7 Å². The summed E-state index contributed by atoms with van der Waals surface area (Å²) in [5.74, 6) is -0.128. The number of nitrogens with two attached hydrogens (primary N) is 1. The Bertz CT molecular complexity index is 917. The first kappa shape index (κ1) is 20.6. The molecule has 0 aromatic heterocycles. The van der Waals surface area contributed by atoms with Crippen molar-refractivity contribution in [3.8, 4) is 0 Å². The van der Waals surface area contributed by atoms with Crippen LogP contribution in [0, 0.1) is 6.92 Å². The first-order valence-electron chi connectivity index (χ1n) is 9.82. The SMILES string of the molecule is Cc1cccc(N(Cc2ccc(C(=O)CN)cc2)S(=O)(=O)C2CCCCC2)c1. The molecule has 1 saturated carbocycles. The van der Waals surface area contributed by atoms with E-state index >= 15 is 0 Å². The molecule has 2 aromatic rings. The Morgan fingerprint density at radius 2 is 1.75 bits per heavy atom. The predicted molar refractivity (Wildman–Crippen MR) is 113 cm³/mol. The van der Waals surface area contributed by atoms with Crippen molar-refractivity contribution in [1.29, 1.82) is 0 Å². The van der Waals surface area contributed by atoms with E-state index in [4.69, 9.17) is 5.73 Å². The van der Waals surface area contributed by atoms with Crippen LogP contribution in [0.4, 0.5) is 5.69 Å². The third-order valence-electron chi connectivity index (χ3n) is 5.36. The fraction of sp³-hybridized carbons (Fsp3) is 0.409. The average Bonchev–Trinajstić information content (AvgIpc) is 2.72. The lowest BCUT2D eigenvalue weighted by atomic mass is 10.0. The molecule has 0 spiro atoms. The maximum Gasteiger partial charge on any atom is 0.238 e. The summed E-state index contributed by atoms with van der Waals surface area (Å²) in [4.78, 5) is 11.7. The molecule has 1 aliphatic carbocycles. The first-order chi connectivity index (χ1) is 13.4. The molecular formula is C22H28N2O3S. The second kappa shape index (κ2) is 8.88. The molecule has 0 heterocycles. The van der Waals surface area contributed by atoms with Gasteiger partial charge in [0.1, 0.15) is 0 Å². The maximum absolute atomic E-state index is 13.5. The number of hydrogen-bond acceptors (Lipinski definition) is 4. The van der Waals surface area contributed by atoms with Crippen LogP contribution in [0.1, 0.15) is 53.6 Å². The van der Waals surface area contributed by atoms with E-state index in [0.717, 1.165) is 30.4 Å².